The Labute approximate surface area is 135 Å². The lowest BCUT2D eigenvalue weighted by atomic mass is 9.81. The van der Waals surface area contributed by atoms with Crippen molar-refractivity contribution in [2.75, 3.05) is 13.2 Å². The van der Waals surface area contributed by atoms with E-state index in [0.29, 0.717) is 13.0 Å². The topological polar surface area (TPSA) is 49.3 Å². The summed E-state index contributed by atoms with van der Waals surface area (Å²) in [6, 6.07) is 8.39. The number of benzene rings is 1. The summed E-state index contributed by atoms with van der Waals surface area (Å²) in [5, 5.41) is 12.2. The van der Waals surface area contributed by atoms with Gasteiger partial charge in [-0.05, 0) is 36.2 Å². The minimum absolute atomic E-state index is 0.0636. The number of carbonyl (C=O) groups excluding carboxylic acids is 1. The predicted molar refractivity (Wildman–Crippen MR) is 91.9 cm³/mol. The number of carbonyl (C=O) groups is 1. The van der Waals surface area contributed by atoms with Gasteiger partial charge < -0.3 is 10.4 Å². The Morgan fingerprint density at radius 1 is 1.14 bits per heavy atom. The highest BCUT2D eigenvalue weighted by Gasteiger charge is 2.24. The van der Waals surface area contributed by atoms with Crippen LogP contribution in [0.3, 0.4) is 0 Å². The van der Waals surface area contributed by atoms with Gasteiger partial charge in [0.1, 0.15) is 0 Å². The second-order valence-electron chi connectivity index (χ2n) is 7.70. The number of nitrogens with one attached hydrogen (secondary N) is 1. The minimum Gasteiger partial charge on any atom is -0.396 e. The van der Waals surface area contributed by atoms with Gasteiger partial charge in [-0.2, -0.15) is 0 Å². The lowest BCUT2D eigenvalue weighted by Gasteiger charge is -2.25. The van der Waals surface area contributed by atoms with Crippen LogP contribution >= 0.6 is 0 Å². The Bertz CT molecular complexity index is 475. The van der Waals surface area contributed by atoms with E-state index in [1.807, 2.05) is 13.8 Å². The summed E-state index contributed by atoms with van der Waals surface area (Å²) in [6.07, 6.45) is 2.29. The molecule has 0 unspecified atom stereocenters. The zero-order valence-corrected chi connectivity index (χ0v) is 14.7. The zero-order chi connectivity index (χ0) is 16.8. The molecule has 1 aromatic rings. The fraction of sp³-hybridized carbons (Fsp3) is 0.632. The van der Waals surface area contributed by atoms with Crippen LogP contribution in [0.4, 0.5) is 0 Å². The molecule has 0 atom stereocenters. The fourth-order valence-corrected chi connectivity index (χ4v) is 2.44. The van der Waals surface area contributed by atoms with Crippen LogP contribution in [-0.4, -0.2) is 24.2 Å². The smallest absolute Gasteiger partial charge is 0.220 e. The Morgan fingerprint density at radius 2 is 1.73 bits per heavy atom. The maximum atomic E-state index is 12.1. The van der Waals surface area contributed by atoms with Gasteiger partial charge in [0.2, 0.25) is 5.91 Å². The summed E-state index contributed by atoms with van der Waals surface area (Å²) in [7, 11) is 0. The highest BCUT2D eigenvalue weighted by Crippen LogP contribution is 2.27. The number of hydrogen-bond acceptors (Lipinski definition) is 2. The van der Waals surface area contributed by atoms with Crippen molar-refractivity contribution >= 4 is 5.91 Å². The molecule has 0 heterocycles. The van der Waals surface area contributed by atoms with Crippen molar-refractivity contribution in [3.05, 3.63) is 35.4 Å². The zero-order valence-electron chi connectivity index (χ0n) is 14.7. The fourth-order valence-electron chi connectivity index (χ4n) is 2.44. The molecule has 3 heteroatoms. The first-order valence-electron chi connectivity index (χ1n) is 8.11. The molecule has 1 aromatic carbocycles. The van der Waals surface area contributed by atoms with E-state index in [9.17, 15) is 9.90 Å². The maximum absolute atomic E-state index is 12.1. The molecule has 0 bridgehead atoms. The van der Waals surface area contributed by atoms with Crippen molar-refractivity contribution in [3.63, 3.8) is 0 Å². The number of amides is 1. The van der Waals surface area contributed by atoms with Crippen molar-refractivity contribution < 1.29 is 9.90 Å². The Balaban J connectivity index is 2.42. The second-order valence-corrected chi connectivity index (χ2v) is 7.70. The molecule has 124 valence electrons. The summed E-state index contributed by atoms with van der Waals surface area (Å²) < 4.78 is 0. The summed E-state index contributed by atoms with van der Waals surface area (Å²) in [6.45, 7) is 11.2. The van der Waals surface area contributed by atoms with E-state index in [2.05, 4.69) is 50.4 Å². The van der Waals surface area contributed by atoms with E-state index in [1.165, 1.54) is 11.1 Å². The van der Waals surface area contributed by atoms with Crippen molar-refractivity contribution in [2.24, 2.45) is 5.41 Å². The van der Waals surface area contributed by atoms with Crippen LogP contribution in [0.15, 0.2) is 24.3 Å². The average molecular weight is 305 g/mol. The van der Waals surface area contributed by atoms with Gasteiger partial charge in [-0.1, -0.05) is 57.5 Å². The molecule has 0 saturated heterocycles. The van der Waals surface area contributed by atoms with Crippen LogP contribution in [0.5, 0.6) is 0 Å². The van der Waals surface area contributed by atoms with Crippen LogP contribution < -0.4 is 5.32 Å². The predicted octanol–water partition coefficient (Wildman–Crippen LogP) is 3.58. The number of rotatable bonds is 8. The molecule has 0 aliphatic rings. The molecule has 0 saturated carbocycles. The van der Waals surface area contributed by atoms with E-state index < -0.39 is 0 Å². The molecule has 0 spiro atoms. The molecule has 0 fully saturated rings. The number of aryl methyl sites for hydroxylation is 1. The quantitative estimate of drug-likeness (QED) is 0.721. The molecule has 0 aliphatic heterocycles. The van der Waals surface area contributed by atoms with Crippen molar-refractivity contribution in [3.8, 4) is 0 Å². The van der Waals surface area contributed by atoms with Crippen LogP contribution in [0, 0.1) is 12.3 Å². The van der Waals surface area contributed by atoms with Crippen molar-refractivity contribution in [1.82, 2.24) is 5.32 Å². The molecule has 0 aliphatic carbocycles. The standard InChI is InChI=1S/C19H31NO2/c1-15-7-9-16(10-8-15)19(4,5)13-17(22)20-12-6-11-18(2,3)14-21/h7-10,21H,6,11-14H2,1-5H3,(H,20,22). The van der Waals surface area contributed by atoms with Gasteiger partial charge in [0.25, 0.3) is 0 Å². The highest BCUT2D eigenvalue weighted by molar-refractivity contribution is 5.77. The third-order valence-electron chi connectivity index (χ3n) is 4.22. The van der Waals surface area contributed by atoms with Gasteiger partial charge in [-0.15, -0.1) is 0 Å². The summed E-state index contributed by atoms with van der Waals surface area (Å²) in [5.74, 6) is 0.0902. The minimum atomic E-state index is -0.165. The molecule has 1 rings (SSSR count). The Morgan fingerprint density at radius 3 is 2.27 bits per heavy atom. The first kappa shape index (κ1) is 18.7. The van der Waals surface area contributed by atoms with Gasteiger partial charge in [0.15, 0.2) is 0 Å². The monoisotopic (exact) mass is 305 g/mol. The molecular weight excluding hydrogens is 274 g/mol. The first-order chi connectivity index (χ1) is 10.2. The van der Waals surface area contributed by atoms with Gasteiger partial charge >= 0.3 is 0 Å². The summed E-state index contributed by atoms with van der Waals surface area (Å²) in [5.41, 5.74) is 2.19. The number of aliphatic hydroxyl groups is 1. The van der Waals surface area contributed by atoms with E-state index in [-0.39, 0.29) is 23.3 Å². The summed E-state index contributed by atoms with van der Waals surface area (Å²) in [4.78, 5) is 12.1. The molecule has 0 aromatic heterocycles. The molecule has 0 radical (unpaired) electrons. The van der Waals surface area contributed by atoms with Gasteiger partial charge in [0.05, 0.1) is 0 Å². The average Bonchev–Trinajstić information content (AvgIpc) is 2.43. The van der Waals surface area contributed by atoms with E-state index in [1.54, 1.807) is 0 Å². The lowest BCUT2D eigenvalue weighted by Crippen LogP contribution is -2.32. The number of aliphatic hydroxyl groups excluding tert-OH is 1. The van der Waals surface area contributed by atoms with E-state index in [0.717, 1.165) is 12.8 Å². The van der Waals surface area contributed by atoms with Gasteiger partial charge in [0, 0.05) is 19.6 Å². The van der Waals surface area contributed by atoms with Crippen LogP contribution in [0.1, 0.15) is 58.1 Å². The first-order valence-corrected chi connectivity index (χ1v) is 8.11. The molecule has 1 amide bonds. The van der Waals surface area contributed by atoms with Crippen LogP contribution in [0.2, 0.25) is 0 Å². The largest absolute Gasteiger partial charge is 0.396 e. The van der Waals surface area contributed by atoms with E-state index in [4.69, 9.17) is 0 Å². The second kappa shape index (κ2) is 7.77. The lowest BCUT2D eigenvalue weighted by molar-refractivity contribution is -0.122. The van der Waals surface area contributed by atoms with Crippen LogP contribution in [-0.2, 0) is 10.2 Å². The Hall–Kier alpha value is -1.35. The van der Waals surface area contributed by atoms with Crippen LogP contribution in [0.25, 0.3) is 0 Å². The molecule has 2 N–H and O–H groups in total. The van der Waals surface area contributed by atoms with Crippen molar-refractivity contribution in [2.45, 2.75) is 59.3 Å². The third-order valence-corrected chi connectivity index (χ3v) is 4.22. The van der Waals surface area contributed by atoms with Crippen molar-refractivity contribution in [1.29, 1.82) is 0 Å². The highest BCUT2D eigenvalue weighted by atomic mass is 16.3. The van der Waals surface area contributed by atoms with E-state index >= 15 is 0 Å². The van der Waals surface area contributed by atoms with Gasteiger partial charge in [-0.25, -0.2) is 0 Å². The molecular formula is C19H31NO2. The normalized spacial score (nSPS) is 12.3. The van der Waals surface area contributed by atoms with Gasteiger partial charge in [-0.3, -0.25) is 4.79 Å². The Kier molecular flexibility index (Phi) is 6.61. The third kappa shape index (κ3) is 6.18. The maximum Gasteiger partial charge on any atom is 0.220 e. The molecule has 22 heavy (non-hydrogen) atoms. The SMILES string of the molecule is Cc1ccc(C(C)(C)CC(=O)NCCCC(C)(C)CO)cc1. The summed E-state index contributed by atoms with van der Waals surface area (Å²) >= 11 is 0. The molecule has 3 nitrogen and oxygen atoms in total. The number of hydrogen-bond donors (Lipinski definition) is 2.